The summed E-state index contributed by atoms with van der Waals surface area (Å²) in [5.41, 5.74) is 10.3. The Balaban J connectivity index is 1.54. The Morgan fingerprint density at radius 1 is 1.27 bits per heavy atom. The number of amides is 3. The van der Waals surface area contributed by atoms with Gasteiger partial charge in [-0.1, -0.05) is 29.4 Å². The lowest BCUT2D eigenvalue weighted by Gasteiger charge is -2.29. The molecule has 1 saturated heterocycles. The van der Waals surface area contributed by atoms with Gasteiger partial charge in [0.25, 0.3) is 5.91 Å². The number of ether oxygens (including phenoxy) is 1. The van der Waals surface area contributed by atoms with Crippen molar-refractivity contribution in [3.63, 3.8) is 0 Å². The molecule has 30 heavy (non-hydrogen) atoms. The Bertz CT molecular complexity index is 942. The fourth-order valence-corrected chi connectivity index (χ4v) is 3.57. The van der Waals surface area contributed by atoms with Crippen molar-refractivity contribution in [1.82, 2.24) is 10.2 Å². The number of piperidine rings is 1. The smallest absolute Gasteiger partial charge is 0.255 e. The van der Waals surface area contributed by atoms with Crippen molar-refractivity contribution in [2.75, 3.05) is 19.8 Å². The van der Waals surface area contributed by atoms with Gasteiger partial charge in [-0.2, -0.15) is 0 Å². The first-order valence-electron chi connectivity index (χ1n) is 9.96. The molecule has 2 aliphatic heterocycles. The number of nitrogens with one attached hydrogen (secondary N) is 1. The van der Waals surface area contributed by atoms with E-state index in [9.17, 15) is 14.4 Å². The molecule has 3 amide bonds. The molecular weight excluding hydrogens is 386 g/mol. The maximum atomic E-state index is 12.8. The van der Waals surface area contributed by atoms with Crippen molar-refractivity contribution in [2.45, 2.75) is 44.7 Å². The van der Waals surface area contributed by atoms with Crippen LogP contribution in [0.25, 0.3) is 10.4 Å². The van der Waals surface area contributed by atoms with Crippen molar-refractivity contribution in [1.29, 1.82) is 0 Å². The van der Waals surface area contributed by atoms with Crippen molar-refractivity contribution in [3.8, 4) is 11.8 Å². The van der Waals surface area contributed by atoms with E-state index in [1.807, 2.05) is 6.07 Å². The number of fused-ring (bicyclic) bond motifs is 1. The molecular formula is C21H23N5O4. The van der Waals surface area contributed by atoms with Gasteiger partial charge in [-0.15, -0.1) is 0 Å². The van der Waals surface area contributed by atoms with Crippen LogP contribution in [0.3, 0.4) is 0 Å². The summed E-state index contributed by atoms with van der Waals surface area (Å²) in [6.07, 6.45) is 3.21. The van der Waals surface area contributed by atoms with E-state index < -0.39 is 11.9 Å². The predicted octanol–water partition coefficient (Wildman–Crippen LogP) is 2.30. The summed E-state index contributed by atoms with van der Waals surface area (Å²) in [7, 11) is 0. The normalized spacial score (nSPS) is 17.7. The molecule has 1 unspecified atom stereocenters. The largest absolute Gasteiger partial charge is 0.369 e. The van der Waals surface area contributed by atoms with Crippen LogP contribution in [0.4, 0.5) is 0 Å². The van der Waals surface area contributed by atoms with Gasteiger partial charge in [-0.05, 0) is 42.5 Å². The molecule has 0 aromatic heterocycles. The zero-order valence-corrected chi connectivity index (χ0v) is 16.6. The van der Waals surface area contributed by atoms with E-state index in [2.05, 4.69) is 27.2 Å². The summed E-state index contributed by atoms with van der Waals surface area (Å²) in [6, 6.07) is 4.73. The van der Waals surface area contributed by atoms with Crippen molar-refractivity contribution >= 4 is 17.7 Å². The monoisotopic (exact) mass is 409 g/mol. The summed E-state index contributed by atoms with van der Waals surface area (Å²) < 4.78 is 5.50. The maximum absolute atomic E-state index is 12.8. The van der Waals surface area contributed by atoms with E-state index in [4.69, 9.17) is 10.3 Å². The van der Waals surface area contributed by atoms with Gasteiger partial charge in [-0.3, -0.25) is 19.7 Å². The molecule has 0 radical (unpaired) electrons. The van der Waals surface area contributed by atoms with E-state index in [1.54, 1.807) is 12.1 Å². The highest BCUT2D eigenvalue weighted by Gasteiger charge is 2.39. The molecule has 0 aliphatic carbocycles. The van der Waals surface area contributed by atoms with Crippen LogP contribution in [0.2, 0.25) is 0 Å². The second kappa shape index (κ2) is 10.4. The number of rotatable bonds is 8. The second-order valence-electron chi connectivity index (χ2n) is 7.10. The lowest BCUT2D eigenvalue weighted by Crippen LogP contribution is -2.52. The molecule has 1 N–H and O–H groups in total. The lowest BCUT2D eigenvalue weighted by molar-refractivity contribution is -0.136. The number of azide groups is 1. The van der Waals surface area contributed by atoms with E-state index in [0.717, 1.165) is 30.4 Å². The first kappa shape index (κ1) is 21.4. The Kier molecular flexibility index (Phi) is 7.44. The molecule has 1 fully saturated rings. The third-order valence-corrected chi connectivity index (χ3v) is 5.09. The second-order valence-corrected chi connectivity index (χ2v) is 7.10. The number of carbonyl (C=O) groups is 3. The average Bonchev–Trinajstić information content (AvgIpc) is 3.07. The van der Waals surface area contributed by atoms with Gasteiger partial charge in [0.1, 0.15) is 12.6 Å². The molecule has 9 nitrogen and oxygen atoms in total. The Morgan fingerprint density at radius 3 is 2.93 bits per heavy atom. The van der Waals surface area contributed by atoms with Crippen molar-refractivity contribution in [2.24, 2.45) is 5.11 Å². The number of benzene rings is 1. The summed E-state index contributed by atoms with van der Waals surface area (Å²) in [4.78, 5) is 40.5. The summed E-state index contributed by atoms with van der Waals surface area (Å²) in [5, 5.41) is 5.79. The first-order valence-corrected chi connectivity index (χ1v) is 9.96. The fraction of sp³-hybridized carbons (Fsp3) is 0.476. The van der Waals surface area contributed by atoms with Crippen LogP contribution >= 0.6 is 0 Å². The standard InChI is InChI=1S/C21H23N5O4/c22-25-23-11-2-1-3-12-30-13-5-7-15-6-4-8-16-17(15)14-26(21(16)29)18-9-10-19(27)24-20(18)28/h4,6,8,18H,1-3,9-14H2,(H,24,27,28). The Hall–Kier alpha value is -3.34. The quantitative estimate of drug-likeness (QED) is 0.177. The minimum Gasteiger partial charge on any atom is -0.369 e. The predicted molar refractivity (Wildman–Crippen MR) is 108 cm³/mol. The first-order chi connectivity index (χ1) is 14.6. The minimum absolute atomic E-state index is 0.208. The topological polar surface area (TPSA) is 124 Å². The third-order valence-electron chi connectivity index (χ3n) is 5.09. The lowest BCUT2D eigenvalue weighted by atomic mass is 10.0. The molecule has 1 aromatic carbocycles. The van der Waals surface area contributed by atoms with Crippen LogP contribution in [-0.4, -0.2) is 48.4 Å². The summed E-state index contributed by atoms with van der Waals surface area (Å²) in [5.74, 6) is 5.10. The van der Waals surface area contributed by atoms with Gasteiger partial charge in [0, 0.05) is 42.2 Å². The highest BCUT2D eigenvalue weighted by atomic mass is 16.5. The van der Waals surface area contributed by atoms with Gasteiger partial charge in [0.15, 0.2) is 0 Å². The average molecular weight is 409 g/mol. The van der Waals surface area contributed by atoms with Gasteiger partial charge in [-0.25, -0.2) is 0 Å². The Labute approximate surface area is 174 Å². The number of nitrogens with zero attached hydrogens (tertiary/aromatic N) is 4. The highest BCUT2D eigenvalue weighted by Crippen LogP contribution is 2.29. The summed E-state index contributed by atoms with van der Waals surface area (Å²) >= 11 is 0. The number of carbonyl (C=O) groups excluding carboxylic acids is 3. The minimum atomic E-state index is -0.634. The maximum Gasteiger partial charge on any atom is 0.255 e. The number of imide groups is 1. The van der Waals surface area contributed by atoms with Crippen LogP contribution in [0, 0.1) is 11.8 Å². The molecule has 3 rings (SSSR count). The van der Waals surface area contributed by atoms with Gasteiger partial charge in [0.2, 0.25) is 11.8 Å². The number of hydrogen-bond donors (Lipinski definition) is 1. The SMILES string of the molecule is [N-]=[N+]=NCCCCCOCC#Cc1cccc2c1CN(C1CCC(=O)NC1=O)C2=O. The van der Waals surface area contributed by atoms with Crippen molar-refractivity contribution < 1.29 is 19.1 Å². The van der Waals surface area contributed by atoms with Gasteiger partial charge < -0.3 is 9.64 Å². The van der Waals surface area contributed by atoms with E-state index in [0.29, 0.717) is 31.7 Å². The van der Waals surface area contributed by atoms with E-state index in [-0.39, 0.29) is 24.8 Å². The highest BCUT2D eigenvalue weighted by molar-refractivity contribution is 6.05. The zero-order valence-electron chi connectivity index (χ0n) is 16.6. The molecule has 0 spiro atoms. The molecule has 2 heterocycles. The third kappa shape index (κ3) is 5.17. The molecule has 156 valence electrons. The molecule has 1 aromatic rings. The van der Waals surface area contributed by atoms with Crippen LogP contribution in [0.5, 0.6) is 0 Å². The molecule has 2 aliphatic rings. The van der Waals surface area contributed by atoms with Gasteiger partial charge in [0.05, 0.1) is 0 Å². The molecule has 0 saturated carbocycles. The fourth-order valence-electron chi connectivity index (χ4n) is 3.57. The summed E-state index contributed by atoms with van der Waals surface area (Å²) in [6.45, 7) is 1.67. The van der Waals surface area contributed by atoms with E-state index in [1.165, 1.54) is 4.90 Å². The van der Waals surface area contributed by atoms with Gasteiger partial charge >= 0.3 is 0 Å². The molecule has 0 bridgehead atoms. The van der Waals surface area contributed by atoms with E-state index >= 15 is 0 Å². The van der Waals surface area contributed by atoms with Crippen molar-refractivity contribution in [3.05, 3.63) is 45.3 Å². The van der Waals surface area contributed by atoms with Crippen LogP contribution < -0.4 is 5.32 Å². The van der Waals surface area contributed by atoms with Crippen LogP contribution in [-0.2, 0) is 20.9 Å². The van der Waals surface area contributed by atoms with Crippen LogP contribution in [0.15, 0.2) is 23.3 Å². The van der Waals surface area contributed by atoms with Crippen LogP contribution in [0.1, 0.15) is 53.6 Å². The number of unbranched alkanes of at least 4 members (excludes halogenated alkanes) is 2. The molecule has 9 heteroatoms. The zero-order chi connectivity index (χ0) is 21.3. The molecule has 1 atom stereocenters. The Morgan fingerprint density at radius 2 is 2.13 bits per heavy atom. The number of hydrogen-bond acceptors (Lipinski definition) is 5.